The van der Waals surface area contributed by atoms with E-state index < -0.39 is 6.16 Å². The van der Waals surface area contributed by atoms with Crippen molar-refractivity contribution in [3.63, 3.8) is 0 Å². The van der Waals surface area contributed by atoms with Gasteiger partial charge < -0.3 is 14.6 Å². The van der Waals surface area contributed by atoms with E-state index in [1.165, 1.54) is 23.7 Å². The van der Waals surface area contributed by atoms with E-state index >= 15 is 0 Å². The first-order valence-corrected chi connectivity index (χ1v) is 6.16. The molecule has 0 spiro atoms. The minimum Gasteiger partial charge on any atom is -0.522 e. The number of hydrogen-bond acceptors (Lipinski definition) is 3. The molecule has 4 rings (SSSR count). The van der Waals surface area contributed by atoms with E-state index in [1.54, 1.807) is 38.5 Å². The van der Waals surface area contributed by atoms with Gasteiger partial charge in [0.1, 0.15) is 0 Å². The third kappa shape index (κ3) is 2.77. The number of hydrogen-bond donors (Lipinski definition) is 0. The van der Waals surface area contributed by atoms with Crippen LogP contribution in [0, 0.1) is 23.7 Å². The lowest BCUT2D eigenvalue weighted by Gasteiger charge is -2.49. The summed E-state index contributed by atoms with van der Waals surface area (Å²) in [4.78, 5) is 9.19. The summed E-state index contributed by atoms with van der Waals surface area (Å²) >= 11 is 0. The van der Waals surface area contributed by atoms with Gasteiger partial charge in [-0.05, 0) is 62.2 Å². The SMILES string of the molecule is C1C2CC3CC1CC(C2)C3.C=COC(=O)[O-]. The lowest BCUT2D eigenvalue weighted by atomic mass is 9.56. The average molecular weight is 223 g/mol. The molecule has 0 aromatic heterocycles. The van der Waals surface area contributed by atoms with Crippen LogP contribution < -0.4 is 5.11 Å². The number of carbonyl (C=O) groups excluding carboxylic acids is 1. The van der Waals surface area contributed by atoms with Crippen LogP contribution >= 0.6 is 0 Å². The first-order valence-electron chi connectivity index (χ1n) is 6.16. The summed E-state index contributed by atoms with van der Waals surface area (Å²) in [5, 5.41) is 9.19. The lowest BCUT2D eigenvalue weighted by molar-refractivity contribution is -0.276. The van der Waals surface area contributed by atoms with E-state index in [1.807, 2.05) is 0 Å². The zero-order valence-corrected chi connectivity index (χ0v) is 9.56. The van der Waals surface area contributed by atoms with E-state index in [0.717, 1.165) is 6.26 Å². The maximum absolute atomic E-state index is 9.19. The predicted octanol–water partition coefficient (Wildman–Crippen LogP) is 2.32. The molecule has 0 aliphatic heterocycles. The minimum atomic E-state index is -1.58. The Labute approximate surface area is 96.5 Å². The molecular formula is C13H19O3-. The van der Waals surface area contributed by atoms with Gasteiger partial charge in [0.15, 0.2) is 0 Å². The van der Waals surface area contributed by atoms with E-state index in [-0.39, 0.29) is 0 Å². The number of ether oxygens (including phenoxy) is 1. The van der Waals surface area contributed by atoms with Crippen LogP contribution in [0.5, 0.6) is 0 Å². The molecule has 4 aliphatic carbocycles. The Morgan fingerprint density at radius 1 is 1.00 bits per heavy atom. The first-order chi connectivity index (χ1) is 7.67. The van der Waals surface area contributed by atoms with Gasteiger partial charge in [0, 0.05) is 6.26 Å². The maximum Gasteiger partial charge on any atom is 0.256 e. The highest BCUT2D eigenvalue weighted by Gasteiger charge is 2.41. The molecule has 16 heavy (non-hydrogen) atoms. The van der Waals surface area contributed by atoms with Crippen molar-refractivity contribution in [1.82, 2.24) is 0 Å². The molecule has 4 fully saturated rings. The molecule has 0 aromatic carbocycles. The van der Waals surface area contributed by atoms with Crippen molar-refractivity contribution < 1.29 is 14.6 Å². The van der Waals surface area contributed by atoms with E-state index in [2.05, 4.69) is 11.3 Å². The molecule has 4 saturated carbocycles. The van der Waals surface area contributed by atoms with Crippen molar-refractivity contribution in [2.75, 3.05) is 0 Å². The van der Waals surface area contributed by atoms with Crippen molar-refractivity contribution >= 4 is 6.16 Å². The van der Waals surface area contributed by atoms with Crippen LogP contribution in [0.3, 0.4) is 0 Å². The minimum absolute atomic E-state index is 0.787. The van der Waals surface area contributed by atoms with Gasteiger partial charge >= 0.3 is 0 Å². The zero-order valence-electron chi connectivity index (χ0n) is 9.56. The Bertz CT molecular complexity index is 216. The van der Waals surface area contributed by atoms with Crippen LogP contribution in [0.15, 0.2) is 12.8 Å². The first kappa shape index (κ1) is 11.5. The smallest absolute Gasteiger partial charge is 0.256 e. The van der Waals surface area contributed by atoms with Gasteiger partial charge in [0.05, 0.1) is 0 Å². The summed E-state index contributed by atoms with van der Waals surface area (Å²) in [6.45, 7) is 2.96. The van der Waals surface area contributed by atoms with Crippen molar-refractivity contribution in [3.8, 4) is 0 Å². The molecule has 3 nitrogen and oxygen atoms in total. The standard InChI is InChI=1S/C10H16.C3H4O3/c1-7-2-9-4-8(1)5-10(3-7)6-9;1-2-6-3(4)5/h7-10H,1-6H2;2H,1H2,(H,4,5)/p-1. The quantitative estimate of drug-likeness (QED) is 0.506. The summed E-state index contributed by atoms with van der Waals surface area (Å²) in [6, 6.07) is 0. The molecule has 4 aliphatic rings. The van der Waals surface area contributed by atoms with Crippen LogP contribution in [-0.4, -0.2) is 6.16 Å². The Morgan fingerprint density at radius 2 is 1.31 bits per heavy atom. The van der Waals surface area contributed by atoms with Crippen molar-refractivity contribution in [2.45, 2.75) is 38.5 Å². The maximum atomic E-state index is 9.19. The second kappa shape index (κ2) is 4.89. The monoisotopic (exact) mass is 223 g/mol. The Kier molecular flexibility index (Phi) is 3.52. The second-order valence-corrected chi connectivity index (χ2v) is 5.41. The summed E-state index contributed by atoms with van der Waals surface area (Å²) in [7, 11) is 0. The normalized spacial score (nSPS) is 38.5. The predicted molar refractivity (Wildman–Crippen MR) is 58.3 cm³/mol. The molecule has 0 saturated heterocycles. The van der Waals surface area contributed by atoms with E-state index in [9.17, 15) is 9.90 Å². The van der Waals surface area contributed by atoms with Gasteiger partial charge in [0.2, 0.25) is 0 Å². The fraction of sp³-hybridized carbons (Fsp3) is 0.769. The average Bonchev–Trinajstić information content (AvgIpc) is 2.15. The van der Waals surface area contributed by atoms with Gasteiger partial charge in [0.25, 0.3) is 6.16 Å². The van der Waals surface area contributed by atoms with Gasteiger partial charge in [-0.15, -0.1) is 0 Å². The fourth-order valence-electron chi connectivity index (χ4n) is 4.05. The van der Waals surface area contributed by atoms with Gasteiger partial charge in [-0.25, -0.2) is 0 Å². The molecule has 0 aromatic rings. The molecule has 0 N–H and O–H groups in total. The van der Waals surface area contributed by atoms with Crippen LogP contribution in [-0.2, 0) is 4.74 Å². The highest BCUT2D eigenvalue weighted by Crippen LogP contribution is 2.53. The van der Waals surface area contributed by atoms with Crippen molar-refractivity contribution in [3.05, 3.63) is 12.8 Å². The van der Waals surface area contributed by atoms with Crippen LogP contribution in [0.4, 0.5) is 4.79 Å². The lowest BCUT2D eigenvalue weighted by Crippen LogP contribution is -2.38. The van der Waals surface area contributed by atoms with Crippen LogP contribution in [0.25, 0.3) is 0 Å². The highest BCUT2D eigenvalue weighted by atomic mass is 16.7. The van der Waals surface area contributed by atoms with E-state index in [4.69, 9.17) is 0 Å². The summed E-state index contributed by atoms with van der Waals surface area (Å²) in [5.41, 5.74) is 0. The van der Waals surface area contributed by atoms with Crippen LogP contribution in [0.1, 0.15) is 38.5 Å². The third-order valence-electron chi connectivity index (χ3n) is 4.18. The number of rotatable bonds is 1. The Morgan fingerprint density at radius 3 is 1.44 bits per heavy atom. The molecule has 0 atom stereocenters. The zero-order chi connectivity index (χ0) is 11.5. The Balaban J connectivity index is 0.000000142. The van der Waals surface area contributed by atoms with Gasteiger partial charge in [-0.3, -0.25) is 0 Å². The molecule has 0 unspecified atom stereocenters. The van der Waals surface area contributed by atoms with E-state index in [0.29, 0.717) is 0 Å². The molecular weight excluding hydrogens is 204 g/mol. The highest BCUT2D eigenvalue weighted by molar-refractivity contribution is 5.54. The van der Waals surface area contributed by atoms with Crippen molar-refractivity contribution in [1.29, 1.82) is 0 Å². The molecule has 4 bridgehead atoms. The fourth-order valence-corrected chi connectivity index (χ4v) is 4.05. The molecule has 0 heterocycles. The molecule has 0 amide bonds. The van der Waals surface area contributed by atoms with Crippen molar-refractivity contribution in [2.24, 2.45) is 23.7 Å². The van der Waals surface area contributed by atoms with Gasteiger partial charge in [-0.2, -0.15) is 0 Å². The summed E-state index contributed by atoms with van der Waals surface area (Å²) in [5.74, 6) is 4.71. The summed E-state index contributed by atoms with van der Waals surface area (Å²) < 4.78 is 3.61. The van der Waals surface area contributed by atoms with Crippen LogP contribution in [0.2, 0.25) is 0 Å². The largest absolute Gasteiger partial charge is 0.522 e. The molecule has 90 valence electrons. The third-order valence-corrected chi connectivity index (χ3v) is 4.18. The topological polar surface area (TPSA) is 49.4 Å². The second-order valence-electron chi connectivity index (χ2n) is 5.41. The molecule has 0 radical (unpaired) electrons. The Hall–Kier alpha value is -0.990. The van der Waals surface area contributed by atoms with Gasteiger partial charge in [-0.1, -0.05) is 6.58 Å². The molecule has 3 heteroatoms. The number of carboxylic acid groups (broad SMARTS) is 1. The number of carbonyl (C=O) groups is 1. The summed E-state index contributed by atoms with van der Waals surface area (Å²) in [6.07, 6.45) is 8.83.